The van der Waals surface area contributed by atoms with Gasteiger partial charge in [0.15, 0.2) is 57.0 Å². The Morgan fingerprint density at radius 2 is 1.18 bits per heavy atom. The number of nitrogens with zero attached hydrogens (tertiary/aromatic N) is 8. The lowest BCUT2D eigenvalue weighted by Gasteiger charge is -2.08. The molecule has 288 valence electrons. The lowest BCUT2D eigenvalue weighted by atomic mass is 10.2. The number of carbonyl (C=O) groups excluding carboxylic acids is 3. The number of fused-ring (bicyclic) bond motifs is 4. The molecule has 2 aliphatic rings. The maximum Gasteiger partial charge on any atom is 0.413 e. The molecular weight excluding hydrogens is 740 g/mol. The molecule has 0 spiro atoms. The van der Waals surface area contributed by atoms with Crippen molar-refractivity contribution in [1.82, 2.24) is 39.0 Å². The quantitative estimate of drug-likeness (QED) is 0.126. The zero-order chi connectivity index (χ0) is 39.0. The largest absolute Gasteiger partial charge is 0.480 e. The number of carboxylic acids is 1. The van der Waals surface area contributed by atoms with Crippen molar-refractivity contribution in [2.45, 2.75) is 33.2 Å². The Morgan fingerprint density at radius 1 is 0.679 bits per heavy atom. The highest BCUT2D eigenvalue weighted by Crippen LogP contribution is 2.33. The molecule has 0 bridgehead atoms. The third kappa shape index (κ3) is 8.70. The van der Waals surface area contributed by atoms with Gasteiger partial charge in [-0.1, -0.05) is 12.1 Å². The van der Waals surface area contributed by atoms with Crippen LogP contribution in [0.15, 0.2) is 61.7 Å². The molecule has 0 saturated carbocycles. The molecule has 2 aromatic carbocycles. The smallest absolute Gasteiger partial charge is 0.413 e. The molecule has 6 aromatic rings. The number of hydrogen-bond acceptors (Lipinski definition) is 17. The van der Waals surface area contributed by atoms with E-state index >= 15 is 0 Å². The highest BCUT2D eigenvalue weighted by molar-refractivity contribution is 5.94. The van der Waals surface area contributed by atoms with E-state index in [0.717, 1.165) is 11.1 Å². The molecule has 0 unspecified atom stereocenters. The average molecular weight is 771 g/mol. The van der Waals surface area contributed by atoms with E-state index < -0.39 is 18.2 Å². The summed E-state index contributed by atoms with van der Waals surface area (Å²) in [5.74, 6) is 1.45. The first-order chi connectivity index (χ1) is 27.2. The van der Waals surface area contributed by atoms with Crippen LogP contribution in [0.1, 0.15) is 18.1 Å². The van der Waals surface area contributed by atoms with Crippen molar-refractivity contribution in [2.75, 3.05) is 30.8 Å². The topological polar surface area (TPSA) is 264 Å². The minimum Gasteiger partial charge on any atom is -0.480 e. The molecule has 2 amide bonds. The third-order valence-corrected chi connectivity index (χ3v) is 7.80. The first kappa shape index (κ1) is 36.6. The van der Waals surface area contributed by atoms with Crippen LogP contribution in [0.25, 0.3) is 22.3 Å². The molecule has 0 fully saturated rings. The van der Waals surface area contributed by atoms with Crippen molar-refractivity contribution in [3.8, 4) is 23.0 Å². The van der Waals surface area contributed by atoms with Crippen LogP contribution in [-0.4, -0.2) is 88.5 Å². The van der Waals surface area contributed by atoms with Gasteiger partial charge in [0.1, 0.15) is 39.0 Å². The van der Waals surface area contributed by atoms with Gasteiger partial charge in [0.2, 0.25) is 13.6 Å². The molecule has 22 heteroatoms. The normalized spacial score (nSPS) is 12.1. The van der Waals surface area contributed by atoms with E-state index in [2.05, 4.69) is 40.5 Å². The summed E-state index contributed by atoms with van der Waals surface area (Å²) in [6, 6.07) is 10.5. The number of anilines is 2. The van der Waals surface area contributed by atoms with Gasteiger partial charge in [-0.05, 0) is 35.4 Å². The van der Waals surface area contributed by atoms with Crippen LogP contribution in [0.3, 0.4) is 0 Å². The zero-order valence-corrected chi connectivity index (χ0v) is 29.2. The molecular formula is C34H30N10O12. The van der Waals surface area contributed by atoms with E-state index in [1.54, 1.807) is 41.0 Å². The molecule has 2 aliphatic heterocycles. The Balaban J connectivity index is 0.000000172. The van der Waals surface area contributed by atoms with Gasteiger partial charge < -0.3 is 47.4 Å². The van der Waals surface area contributed by atoms with Gasteiger partial charge in [0.05, 0.1) is 19.2 Å². The van der Waals surface area contributed by atoms with E-state index in [1.807, 2.05) is 0 Å². The van der Waals surface area contributed by atoms with Crippen LogP contribution < -0.4 is 29.6 Å². The Hall–Kier alpha value is -7.78. The molecule has 56 heavy (non-hydrogen) atoms. The van der Waals surface area contributed by atoms with Crippen LogP contribution in [0.4, 0.5) is 21.2 Å². The molecule has 0 atom stereocenters. The second-order valence-electron chi connectivity index (χ2n) is 11.6. The highest BCUT2D eigenvalue weighted by Gasteiger charge is 2.18. The fourth-order valence-electron chi connectivity index (χ4n) is 5.28. The number of hydrogen-bond donors (Lipinski definition) is 3. The Morgan fingerprint density at radius 3 is 1.70 bits per heavy atom. The maximum atomic E-state index is 12.2. The number of esters is 1. The summed E-state index contributed by atoms with van der Waals surface area (Å²) in [7, 11) is 0. The van der Waals surface area contributed by atoms with Crippen LogP contribution in [-0.2, 0) is 50.1 Å². The molecule has 0 saturated heterocycles. The number of imidazole rings is 2. The van der Waals surface area contributed by atoms with E-state index in [0.29, 0.717) is 46.4 Å². The second kappa shape index (κ2) is 16.5. The summed E-state index contributed by atoms with van der Waals surface area (Å²) < 4.78 is 39.4. The first-order valence-corrected chi connectivity index (χ1v) is 16.5. The van der Waals surface area contributed by atoms with Crippen LogP contribution in [0, 0.1) is 0 Å². The van der Waals surface area contributed by atoms with Gasteiger partial charge in [-0.25, -0.2) is 39.5 Å². The Kier molecular flexibility index (Phi) is 10.8. The molecule has 6 heterocycles. The molecule has 8 rings (SSSR count). The van der Waals surface area contributed by atoms with Crippen molar-refractivity contribution in [2.24, 2.45) is 0 Å². The first-order valence-electron chi connectivity index (χ1n) is 16.5. The van der Waals surface area contributed by atoms with Crippen LogP contribution in [0.2, 0.25) is 0 Å². The summed E-state index contributed by atoms with van der Waals surface area (Å²) in [5, 5.41) is 13.9. The number of carbonyl (C=O) groups is 4. The van der Waals surface area contributed by atoms with E-state index in [9.17, 15) is 19.2 Å². The summed E-state index contributed by atoms with van der Waals surface area (Å²) in [5.41, 5.74) is 2.94. The Bertz CT molecular complexity index is 2430. The third-order valence-electron chi connectivity index (χ3n) is 7.80. The zero-order valence-electron chi connectivity index (χ0n) is 29.2. The predicted octanol–water partition coefficient (Wildman–Crippen LogP) is 3.26. The molecule has 0 radical (unpaired) electrons. The maximum absolute atomic E-state index is 12.2. The Labute approximate surface area is 314 Å². The van der Waals surface area contributed by atoms with E-state index in [4.69, 9.17) is 38.3 Å². The average Bonchev–Trinajstić information content (AvgIpc) is 4.01. The summed E-state index contributed by atoms with van der Waals surface area (Å²) in [4.78, 5) is 70.4. The number of benzene rings is 2. The highest BCUT2D eigenvalue weighted by atomic mass is 16.7. The SMILES string of the molecule is CC(=O)OCCn1cnc2c(NC(=O)OCc3ccc4c(c3)OCO4)ncnc21.O=C(O)Cn1cnc2c(NC(=O)OCc3ccc4c(c3)OCO4)ncnc21. The lowest BCUT2D eigenvalue weighted by Crippen LogP contribution is -2.15. The van der Waals surface area contributed by atoms with E-state index in [1.165, 1.54) is 36.8 Å². The predicted molar refractivity (Wildman–Crippen MR) is 188 cm³/mol. The molecule has 3 N–H and O–H groups in total. The number of aliphatic carboxylic acids is 1. The molecule has 0 aliphatic carbocycles. The van der Waals surface area contributed by atoms with Crippen LogP contribution in [0.5, 0.6) is 23.0 Å². The number of rotatable bonds is 11. The summed E-state index contributed by atoms with van der Waals surface area (Å²) in [6.07, 6.45) is 3.94. The minimum atomic E-state index is -1.04. The standard InChI is InChI=1S/C18H17N5O6.C16H13N5O6/c1-11(24)26-5-4-23-9-21-15-16(19-8-20-17(15)23)22-18(25)27-7-12-2-3-13-14(6-12)29-10-28-13;22-12(23)4-21-7-19-13-14(17-6-18-15(13)21)20-16(24)25-5-9-1-2-10-11(3-9)27-8-26-10/h2-3,6,8-9H,4-5,7,10H2,1H3,(H,19,20,22,25);1-3,6-7H,4-5,8H2,(H,22,23)(H,17,18,20,24). The van der Waals surface area contributed by atoms with Crippen molar-refractivity contribution in [1.29, 1.82) is 0 Å². The van der Waals surface area contributed by atoms with Gasteiger partial charge >= 0.3 is 24.1 Å². The monoisotopic (exact) mass is 770 g/mol. The van der Waals surface area contributed by atoms with Crippen molar-refractivity contribution in [3.05, 3.63) is 72.8 Å². The number of aromatic nitrogens is 8. The molecule has 4 aromatic heterocycles. The fourth-order valence-corrected chi connectivity index (χ4v) is 5.28. The minimum absolute atomic E-state index is 0.0180. The molecule has 22 nitrogen and oxygen atoms in total. The van der Waals surface area contributed by atoms with Crippen molar-refractivity contribution < 1.29 is 57.4 Å². The number of ether oxygens (including phenoxy) is 7. The fraction of sp³-hybridized carbons (Fsp3) is 0.235. The second-order valence-corrected chi connectivity index (χ2v) is 11.6. The van der Waals surface area contributed by atoms with Crippen molar-refractivity contribution >= 4 is 58.1 Å². The van der Waals surface area contributed by atoms with Gasteiger partial charge in [-0.3, -0.25) is 20.2 Å². The lowest BCUT2D eigenvalue weighted by molar-refractivity contribution is -0.141. The van der Waals surface area contributed by atoms with E-state index in [-0.39, 0.29) is 63.1 Å². The summed E-state index contributed by atoms with van der Waals surface area (Å²) >= 11 is 0. The number of nitrogens with one attached hydrogen (secondary N) is 2. The van der Waals surface area contributed by atoms with Crippen molar-refractivity contribution in [3.63, 3.8) is 0 Å². The van der Waals surface area contributed by atoms with Gasteiger partial charge in [-0.15, -0.1) is 0 Å². The number of carboxylic acid groups (broad SMARTS) is 1. The number of amides is 2. The van der Waals surface area contributed by atoms with Gasteiger partial charge in [0.25, 0.3) is 0 Å². The summed E-state index contributed by atoms with van der Waals surface area (Å²) in [6.45, 7) is 2.01. The van der Waals surface area contributed by atoms with Gasteiger partial charge in [0, 0.05) is 6.92 Å². The van der Waals surface area contributed by atoms with Gasteiger partial charge in [-0.2, -0.15) is 0 Å². The van der Waals surface area contributed by atoms with Crippen LogP contribution >= 0.6 is 0 Å².